The molecule has 1 fully saturated rings. The number of aliphatic hydroxyl groups excluding tert-OH is 3. The number of aromatic hydroxyl groups is 2. The lowest BCUT2D eigenvalue weighted by molar-refractivity contribution is -0.217. The van der Waals surface area contributed by atoms with E-state index in [9.17, 15) is 35.1 Å². The largest absolute Gasteiger partial charge is 0.508 e. The molecule has 0 saturated carbocycles. The van der Waals surface area contributed by atoms with Gasteiger partial charge < -0.3 is 49.8 Å². The van der Waals surface area contributed by atoms with Crippen molar-refractivity contribution < 1.29 is 54.1 Å². The molecule has 12 heteroatoms. The first-order valence-corrected chi connectivity index (χ1v) is 14.5. The predicted octanol–water partition coefficient (Wildman–Crippen LogP) is 1.85. The highest BCUT2D eigenvalue weighted by Crippen LogP contribution is 2.42. The zero-order valence-corrected chi connectivity index (χ0v) is 26.0. The topological polar surface area (TPSA) is 184 Å². The van der Waals surface area contributed by atoms with E-state index in [1.54, 1.807) is 20.8 Å². The van der Waals surface area contributed by atoms with Crippen LogP contribution < -0.4 is 5.32 Å². The molecular weight excluding hydrogens is 562 g/mol. The van der Waals surface area contributed by atoms with Crippen molar-refractivity contribution in [2.45, 2.75) is 109 Å². The summed E-state index contributed by atoms with van der Waals surface area (Å²) < 4.78 is 22.7. The highest BCUT2D eigenvalue weighted by Gasteiger charge is 2.48. The van der Waals surface area contributed by atoms with Crippen LogP contribution >= 0.6 is 0 Å². The van der Waals surface area contributed by atoms with E-state index in [0.717, 1.165) is 11.6 Å². The zero-order valence-electron chi connectivity index (χ0n) is 26.0. The molecule has 0 bridgehead atoms. The van der Waals surface area contributed by atoms with Crippen LogP contribution in [0, 0.1) is 18.3 Å². The number of ether oxygens (including phenoxy) is 4. The van der Waals surface area contributed by atoms with Crippen molar-refractivity contribution in [1.82, 2.24) is 5.32 Å². The van der Waals surface area contributed by atoms with Crippen molar-refractivity contribution in [3.05, 3.63) is 34.9 Å². The van der Waals surface area contributed by atoms with Gasteiger partial charge in [-0.05, 0) is 31.4 Å². The van der Waals surface area contributed by atoms with E-state index in [1.807, 2.05) is 13.8 Å². The van der Waals surface area contributed by atoms with Crippen molar-refractivity contribution in [2.24, 2.45) is 11.3 Å². The van der Waals surface area contributed by atoms with Crippen molar-refractivity contribution in [1.29, 1.82) is 0 Å². The van der Waals surface area contributed by atoms with Gasteiger partial charge in [-0.25, -0.2) is 4.79 Å². The molecular formula is C31H47NO11. The number of nitrogens with one attached hydrogen (secondary N) is 1. The van der Waals surface area contributed by atoms with Gasteiger partial charge in [0.05, 0.1) is 24.4 Å². The summed E-state index contributed by atoms with van der Waals surface area (Å²) in [6.45, 7) is 12.6. The van der Waals surface area contributed by atoms with Gasteiger partial charge in [0.15, 0.2) is 12.3 Å². The van der Waals surface area contributed by atoms with Crippen LogP contribution in [0.15, 0.2) is 18.2 Å². The number of aliphatic hydroxyl groups is 3. The summed E-state index contributed by atoms with van der Waals surface area (Å²) in [6.07, 6.45) is -6.89. The van der Waals surface area contributed by atoms with E-state index in [2.05, 4.69) is 11.9 Å². The van der Waals surface area contributed by atoms with Gasteiger partial charge in [-0.2, -0.15) is 0 Å². The molecule has 0 aromatic heterocycles. The standard InChI is InChI=1S/C31H47NO11/c1-14(2)9-22(40-7)27(37)28(38)32-29(41-8)23-13-24(36)31(5,6)25(42-23)12-19(34)16(4)21-10-17-15(3)18(33)11-20(35)26(17)30(39)43-21/h11,16,19,21-25,27,29,33-37H,1,9-10,12-13H2,2-8H3,(H,32,38)/t16-,19+,21-,22+,23+,24-,25-,27+,29?/m1/s1. The van der Waals surface area contributed by atoms with E-state index in [4.69, 9.17) is 18.9 Å². The highest BCUT2D eigenvalue weighted by atomic mass is 16.6. The predicted molar refractivity (Wildman–Crippen MR) is 155 cm³/mol. The van der Waals surface area contributed by atoms with Gasteiger partial charge in [-0.3, -0.25) is 4.79 Å². The fraction of sp³-hybridized carbons (Fsp3) is 0.677. The maximum absolute atomic E-state index is 12.9. The maximum Gasteiger partial charge on any atom is 0.342 e. The number of phenolic OH excluding ortho intramolecular Hbond substituents is 2. The van der Waals surface area contributed by atoms with Gasteiger partial charge in [-0.1, -0.05) is 26.3 Å². The fourth-order valence-corrected chi connectivity index (χ4v) is 5.80. The Bertz CT molecular complexity index is 1180. The van der Waals surface area contributed by atoms with Gasteiger partial charge in [-0.15, -0.1) is 6.58 Å². The van der Waals surface area contributed by atoms with Gasteiger partial charge >= 0.3 is 5.97 Å². The zero-order chi connectivity index (χ0) is 32.4. The first-order chi connectivity index (χ1) is 20.0. The Morgan fingerprint density at radius 1 is 1.19 bits per heavy atom. The summed E-state index contributed by atoms with van der Waals surface area (Å²) in [5.74, 6) is -2.57. The molecule has 0 spiro atoms. The van der Waals surface area contributed by atoms with Gasteiger partial charge in [0, 0.05) is 50.9 Å². The lowest BCUT2D eigenvalue weighted by Gasteiger charge is -2.48. The number of benzene rings is 1. The average molecular weight is 610 g/mol. The molecule has 43 heavy (non-hydrogen) atoms. The van der Waals surface area contributed by atoms with Crippen LogP contribution in [0.1, 0.15) is 68.4 Å². The Balaban J connectivity index is 1.73. The molecule has 1 unspecified atom stereocenters. The number of esters is 1. The summed E-state index contributed by atoms with van der Waals surface area (Å²) in [7, 11) is 2.76. The minimum absolute atomic E-state index is 0.00479. The van der Waals surface area contributed by atoms with Crippen molar-refractivity contribution >= 4 is 11.9 Å². The highest BCUT2D eigenvalue weighted by molar-refractivity contribution is 5.96. The molecule has 1 saturated heterocycles. The van der Waals surface area contributed by atoms with E-state index >= 15 is 0 Å². The van der Waals surface area contributed by atoms with Gasteiger partial charge in [0.25, 0.3) is 5.91 Å². The molecule has 242 valence electrons. The molecule has 3 rings (SSSR count). The lowest BCUT2D eigenvalue weighted by atomic mass is 9.73. The Morgan fingerprint density at radius 3 is 2.42 bits per heavy atom. The molecule has 0 radical (unpaired) electrons. The van der Waals surface area contributed by atoms with Crippen LogP contribution in [-0.4, -0.2) is 101 Å². The minimum atomic E-state index is -1.50. The van der Waals surface area contributed by atoms with Crippen LogP contribution in [0.3, 0.4) is 0 Å². The van der Waals surface area contributed by atoms with Crippen LogP contribution in [0.4, 0.5) is 0 Å². The molecule has 2 heterocycles. The van der Waals surface area contributed by atoms with E-state index < -0.39 is 72.2 Å². The number of hydrogen-bond donors (Lipinski definition) is 6. The molecule has 6 N–H and O–H groups in total. The molecule has 9 atom stereocenters. The van der Waals surface area contributed by atoms with Gasteiger partial charge in [0.1, 0.15) is 29.3 Å². The smallest absolute Gasteiger partial charge is 0.342 e. The lowest BCUT2D eigenvalue weighted by Crippen LogP contribution is -2.59. The average Bonchev–Trinajstić information content (AvgIpc) is 2.94. The summed E-state index contributed by atoms with van der Waals surface area (Å²) in [6, 6.07) is 1.10. The van der Waals surface area contributed by atoms with Crippen molar-refractivity contribution in [3.8, 4) is 11.5 Å². The third kappa shape index (κ3) is 7.50. The number of carbonyl (C=O) groups is 2. The Hall–Kier alpha value is -2.74. The van der Waals surface area contributed by atoms with Crippen LogP contribution in [0.2, 0.25) is 0 Å². The van der Waals surface area contributed by atoms with Crippen LogP contribution in [0.25, 0.3) is 0 Å². The van der Waals surface area contributed by atoms with E-state index in [0.29, 0.717) is 11.1 Å². The normalized spacial score (nSPS) is 26.8. The monoisotopic (exact) mass is 609 g/mol. The first kappa shape index (κ1) is 34.7. The molecule has 1 amide bonds. The van der Waals surface area contributed by atoms with Crippen LogP contribution in [-0.2, 0) is 30.2 Å². The second-order valence-corrected chi connectivity index (χ2v) is 12.5. The van der Waals surface area contributed by atoms with Gasteiger partial charge in [0.2, 0.25) is 0 Å². The quantitative estimate of drug-likeness (QED) is 0.115. The fourth-order valence-electron chi connectivity index (χ4n) is 5.80. The van der Waals surface area contributed by atoms with Crippen molar-refractivity contribution in [3.63, 3.8) is 0 Å². The Morgan fingerprint density at radius 2 is 1.84 bits per heavy atom. The number of phenols is 2. The SMILES string of the molecule is C=C(C)C[C@H](OC)[C@H](O)C(=O)NC(OC)[C@@H]1C[C@@H](O)C(C)(C)[C@@H](C[C@H](O)[C@@H](C)[C@H]2Cc3c(C)c(O)cc(O)c3C(=O)O2)O1. The molecule has 1 aromatic rings. The second kappa shape index (κ2) is 13.9. The molecule has 2 aliphatic heterocycles. The number of fused-ring (bicyclic) bond motifs is 1. The number of carbonyl (C=O) groups excluding carboxylic acids is 2. The minimum Gasteiger partial charge on any atom is -0.508 e. The molecule has 2 aliphatic rings. The molecule has 12 nitrogen and oxygen atoms in total. The summed E-state index contributed by atoms with van der Waals surface area (Å²) in [4.78, 5) is 25.6. The van der Waals surface area contributed by atoms with E-state index in [-0.39, 0.29) is 42.7 Å². The molecule has 0 aliphatic carbocycles. The third-order valence-electron chi connectivity index (χ3n) is 9.02. The van der Waals surface area contributed by atoms with E-state index in [1.165, 1.54) is 14.2 Å². The number of rotatable bonds is 12. The Labute approximate surface area is 252 Å². The summed E-state index contributed by atoms with van der Waals surface area (Å²) in [5.41, 5.74) is 0.851. The summed E-state index contributed by atoms with van der Waals surface area (Å²) in [5, 5.41) is 56.0. The number of hydrogen-bond acceptors (Lipinski definition) is 11. The third-order valence-corrected chi connectivity index (χ3v) is 9.02. The Kier molecular flexibility index (Phi) is 11.2. The number of cyclic esters (lactones) is 1. The molecule has 1 aromatic carbocycles. The maximum atomic E-state index is 12.9. The second-order valence-electron chi connectivity index (χ2n) is 12.5. The number of methoxy groups -OCH3 is 2. The number of amides is 1. The summed E-state index contributed by atoms with van der Waals surface area (Å²) >= 11 is 0. The first-order valence-electron chi connectivity index (χ1n) is 14.5. The van der Waals surface area contributed by atoms with Crippen LogP contribution in [0.5, 0.6) is 11.5 Å². The van der Waals surface area contributed by atoms with Crippen molar-refractivity contribution in [2.75, 3.05) is 14.2 Å².